The van der Waals surface area contributed by atoms with E-state index in [2.05, 4.69) is 5.32 Å². The summed E-state index contributed by atoms with van der Waals surface area (Å²) < 4.78 is 30.3. The molecule has 0 aromatic heterocycles. The van der Waals surface area contributed by atoms with Crippen LogP contribution < -0.4 is 5.32 Å². The summed E-state index contributed by atoms with van der Waals surface area (Å²) >= 11 is 0. The second-order valence-corrected chi connectivity index (χ2v) is 5.64. The first-order valence-corrected chi connectivity index (χ1v) is 6.69. The molecule has 0 fully saturated rings. The standard InChI is InChI=1S/C11H18N2O3S.ClH/c1-12-10-4-6-11(7-5-10)17(14,15)13(2)8-9-16-3;/h4-7,12H,8-9H2,1-3H3;1H. The molecule has 0 saturated carbocycles. The van der Waals surface area contributed by atoms with Crippen LogP contribution in [0.1, 0.15) is 0 Å². The molecule has 0 atom stereocenters. The van der Waals surface area contributed by atoms with Crippen LogP contribution in [0.4, 0.5) is 5.69 Å². The Morgan fingerprint density at radius 3 is 2.28 bits per heavy atom. The number of likely N-dealkylation sites (N-methyl/N-ethyl adjacent to an activating group) is 1. The maximum Gasteiger partial charge on any atom is 0.242 e. The van der Waals surface area contributed by atoms with Crippen molar-refractivity contribution >= 4 is 28.1 Å². The van der Waals surface area contributed by atoms with Gasteiger partial charge in [0, 0.05) is 33.4 Å². The molecule has 0 spiro atoms. The number of hydrogen-bond donors (Lipinski definition) is 1. The zero-order chi connectivity index (χ0) is 12.9. The molecular weight excluding hydrogens is 276 g/mol. The van der Waals surface area contributed by atoms with Gasteiger partial charge in [0.2, 0.25) is 10.0 Å². The largest absolute Gasteiger partial charge is 0.388 e. The average molecular weight is 295 g/mol. The van der Waals surface area contributed by atoms with Crippen LogP contribution in [0.15, 0.2) is 29.2 Å². The maximum atomic E-state index is 12.1. The van der Waals surface area contributed by atoms with E-state index in [9.17, 15) is 8.42 Å². The van der Waals surface area contributed by atoms with E-state index in [0.29, 0.717) is 13.2 Å². The highest BCUT2D eigenvalue weighted by molar-refractivity contribution is 7.89. The lowest BCUT2D eigenvalue weighted by atomic mass is 10.3. The topological polar surface area (TPSA) is 58.6 Å². The van der Waals surface area contributed by atoms with E-state index < -0.39 is 10.0 Å². The van der Waals surface area contributed by atoms with Gasteiger partial charge in [-0.05, 0) is 24.3 Å². The van der Waals surface area contributed by atoms with Crippen molar-refractivity contribution in [1.82, 2.24) is 4.31 Å². The number of sulfonamides is 1. The fourth-order valence-corrected chi connectivity index (χ4v) is 2.47. The van der Waals surface area contributed by atoms with Gasteiger partial charge in [-0.25, -0.2) is 8.42 Å². The van der Waals surface area contributed by atoms with Crippen LogP contribution in [0.25, 0.3) is 0 Å². The number of rotatable bonds is 6. The molecule has 0 amide bonds. The van der Waals surface area contributed by atoms with Crippen LogP contribution in [0.3, 0.4) is 0 Å². The summed E-state index contributed by atoms with van der Waals surface area (Å²) in [6.45, 7) is 0.719. The van der Waals surface area contributed by atoms with Crippen LogP contribution in [0.5, 0.6) is 0 Å². The van der Waals surface area contributed by atoms with Gasteiger partial charge in [-0.2, -0.15) is 4.31 Å². The van der Waals surface area contributed by atoms with E-state index in [1.807, 2.05) is 0 Å². The number of anilines is 1. The highest BCUT2D eigenvalue weighted by Gasteiger charge is 2.19. The third kappa shape index (κ3) is 4.13. The first kappa shape index (κ1) is 17.2. The quantitative estimate of drug-likeness (QED) is 0.862. The van der Waals surface area contributed by atoms with Crippen molar-refractivity contribution in [1.29, 1.82) is 0 Å². The Labute approximate surface area is 115 Å². The van der Waals surface area contributed by atoms with Gasteiger partial charge in [0.1, 0.15) is 0 Å². The summed E-state index contributed by atoms with van der Waals surface area (Å²) in [7, 11) is 1.46. The Morgan fingerprint density at radius 2 is 1.83 bits per heavy atom. The summed E-state index contributed by atoms with van der Waals surface area (Å²) in [6.07, 6.45) is 0. The van der Waals surface area contributed by atoms with Gasteiger partial charge >= 0.3 is 0 Å². The SMILES string of the molecule is CNc1ccc(S(=O)(=O)N(C)CCOC)cc1.Cl. The Kier molecular flexibility index (Phi) is 7.23. The summed E-state index contributed by atoms with van der Waals surface area (Å²) in [5, 5.41) is 2.94. The molecule has 7 heteroatoms. The molecule has 104 valence electrons. The lowest BCUT2D eigenvalue weighted by molar-refractivity contribution is 0.185. The molecule has 0 aliphatic heterocycles. The summed E-state index contributed by atoms with van der Waals surface area (Å²) in [5.41, 5.74) is 0.878. The highest BCUT2D eigenvalue weighted by Crippen LogP contribution is 2.16. The Morgan fingerprint density at radius 1 is 1.28 bits per heavy atom. The zero-order valence-electron chi connectivity index (χ0n) is 10.7. The first-order valence-electron chi connectivity index (χ1n) is 5.25. The molecule has 1 aromatic rings. The molecule has 0 radical (unpaired) electrons. The predicted molar refractivity (Wildman–Crippen MR) is 74.9 cm³/mol. The minimum absolute atomic E-state index is 0. The lowest BCUT2D eigenvalue weighted by Crippen LogP contribution is -2.30. The van der Waals surface area contributed by atoms with Gasteiger partial charge in [0.15, 0.2) is 0 Å². The van der Waals surface area contributed by atoms with Gasteiger partial charge in [-0.15, -0.1) is 12.4 Å². The van der Waals surface area contributed by atoms with Crippen LogP contribution in [-0.4, -0.2) is 47.1 Å². The van der Waals surface area contributed by atoms with E-state index in [1.54, 1.807) is 45.5 Å². The second-order valence-electron chi connectivity index (χ2n) is 3.59. The number of hydrogen-bond acceptors (Lipinski definition) is 4. The van der Waals surface area contributed by atoms with E-state index in [0.717, 1.165) is 5.69 Å². The molecule has 0 aliphatic carbocycles. The molecular formula is C11H19ClN2O3S. The third-order valence-corrected chi connectivity index (χ3v) is 4.33. The van der Waals surface area contributed by atoms with Crippen molar-refractivity contribution < 1.29 is 13.2 Å². The van der Waals surface area contributed by atoms with Crippen molar-refractivity contribution in [2.75, 3.05) is 39.7 Å². The average Bonchev–Trinajstić information content (AvgIpc) is 2.35. The van der Waals surface area contributed by atoms with Crippen LogP contribution in [0, 0.1) is 0 Å². The lowest BCUT2D eigenvalue weighted by Gasteiger charge is -2.16. The Balaban J connectivity index is 0.00000289. The summed E-state index contributed by atoms with van der Waals surface area (Å²) in [5.74, 6) is 0. The second kappa shape index (κ2) is 7.58. The molecule has 1 N–H and O–H groups in total. The molecule has 0 saturated heterocycles. The number of halogens is 1. The smallest absolute Gasteiger partial charge is 0.242 e. The van der Waals surface area contributed by atoms with Gasteiger partial charge in [0.05, 0.1) is 11.5 Å². The molecule has 1 rings (SSSR count). The van der Waals surface area contributed by atoms with E-state index >= 15 is 0 Å². The number of ether oxygens (including phenoxy) is 1. The molecule has 0 unspecified atom stereocenters. The maximum absolute atomic E-state index is 12.1. The highest BCUT2D eigenvalue weighted by atomic mass is 35.5. The van der Waals surface area contributed by atoms with Gasteiger partial charge < -0.3 is 10.1 Å². The van der Waals surface area contributed by atoms with E-state index in [4.69, 9.17) is 4.74 Å². The van der Waals surface area contributed by atoms with Crippen LogP contribution in [-0.2, 0) is 14.8 Å². The van der Waals surface area contributed by atoms with Crippen molar-refractivity contribution in [3.05, 3.63) is 24.3 Å². The Bertz CT molecular complexity index is 448. The van der Waals surface area contributed by atoms with Crippen molar-refractivity contribution in [2.45, 2.75) is 4.90 Å². The molecule has 0 heterocycles. The third-order valence-electron chi connectivity index (χ3n) is 2.46. The van der Waals surface area contributed by atoms with Crippen LogP contribution in [0.2, 0.25) is 0 Å². The molecule has 5 nitrogen and oxygen atoms in total. The zero-order valence-corrected chi connectivity index (χ0v) is 12.3. The number of nitrogens with one attached hydrogen (secondary N) is 1. The Hall–Kier alpha value is -0.820. The molecule has 1 aromatic carbocycles. The fraction of sp³-hybridized carbons (Fsp3) is 0.455. The monoisotopic (exact) mass is 294 g/mol. The minimum Gasteiger partial charge on any atom is -0.388 e. The van der Waals surface area contributed by atoms with Gasteiger partial charge in [-0.3, -0.25) is 0 Å². The van der Waals surface area contributed by atoms with E-state index in [-0.39, 0.29) is 17.3 Å². The van der Waals surface area contributed by atoms with E-state index in [1.165, 1.54) is 4.31 Å². The van der Waals surface area contributed by atoms with Gasteiger partial charge in [-0.1, -0.05) is 0 Å². The normalized spacial score (nSPS) is 11.1. The molecule has 0 aliphatic rings. The predicted octanol–water partition coefficient (Wildman–Crippen LogP) is 1.42. The summed E-state index contributed by atoms with van der Waals surface area (Å²) in [4.78, 5) is 0.287. The minimum atomic E-state index is -3.41. The molecule has 0 bridgehead atoms. The molecule has 18 heavy (non-hydrogen) atoms. The number of nitrogens with zero attached hydrogens (tertiary/aromatic N) is 1. The van der Waals surface area contributed by atoms with Crippen LogP contribution >= 0.6 is 12.4 Å². The first-order chi connectivity index (χ1) is 8.02. The van der Waals surface area contributed by atoms with Crippen molar-refractivity contribution in [2.24, 2.45) is 0 Å². The number of benzene rings is 1. The fourth-order valence-electron chi connectivity index (χ4n) is 1.31. The van der Waals surface area contributed by atoms with Crippen molar-refractivity contribution in [3.63, 3.8) is 0 Å². The summed E-state index contributed by atoms with van der Waals surface area (Å²) in [6, 6.07) is 6.64. The number of methoxy groups -OCH3 is 1. The van der Waals surface area contributed by atoms with Gasteiger partial charge in [0.25, 0.3) is 0 Å². The van der Waals surface area contributed by atoms with Crippen molar-refractivity contribution in [3.8, 4) is 0 Å².